The summed E-state index contributed by atoms with van der Waals surface area (Å²) in [5.74, 6) is -0.0723. The highest BCUT2D eigenvalue weighted by Gasteiger charge is 2.16. The third kappa shape index (κ3) is 3.21. The molecule has 1 heterocycles. The molecule has 6 heteroatoms. The van der Waals surface area contributed by atoms with Crippen LogP contribution in [0.15, 0.2) is 0 Å². The number of rotatable bonds is 2. The van der Waals surface area contributed by atoms with Gasteiger partial charge in [0.2, 0.25) is 5.91 Å². The minimum atomic E-state index is -0.341. The van der Waals surface area contributed by atoms with Crippen molar-refractivity contribution in [3.8, 4) is 0 Å². The Hall–Kier alpha value is -1.30. The maximum atomic E-state index is 11.4. The first kappa shape index (κ1) is 10.8. The van der Waals surface area contributed by atoms with Crippen LogP contribution < -0.4 is 10.6 Å². The van der Waals surface area contributed by atoms with E-state index in [1.165, 1.54) is 7.05 Å². The zero-order valence-electron chi connectivity index (χ0n) is 8.21. The fraction of sp³-hybridized carbons (Fsp3) is 0.750. The molecule has 0 radical (unpaired) electrons. The fourth-order valence-electron chi connectivity index (χ4n) is 1.17. The van der Waals surface area contributed by atoms with Crippen molar-refractivity contribution in [2.75, 3.05) is 39.9 Å². The van der Waals surface area contributed by atoms with Gasteiger partial charge in [0.1, 0.15) is 0 Å². The highest BCUT2D eigenvalue weighted by Crippen LogP contribution is 1.96. The second-order valence-electron chi connectivity index (χ2n) is 2.93. The number of carbonyl (C=O) groups is 2. The van der Waals surface area contributed by atoms with Crippen molar-refractivity contribution >= 4 is 11.9 Å². The van der Waals surface area contributed by atoms with E-state index < -0.39 is 0 Å². The van der Waals surface area contributed by atoms with Crippen LogP contribution in [0, 0.1) is 0 Å². The second kappa shape index (κ2) is 5.43. The average Bonchev–Trinajstić information content (AvgIpc) is 2.26. The molecular weight excluding hydrogens is 186 g/mol. The number of ether oxygens (including phenoxy) is 1. The van der Waals surface area contributed by atoms with Crippen LogP contribution in [0.1, 0.15) is 0 Å². The Labute approximate surface area is 82.6 Å². The smallest absolute Gasteiger partial charge is 0.314 e. The lowest BCUT2D eigenvalue weighted by Crippen LogP contribution is -2.46. The largest absolute Gasteiger partial charge is 0.378 e. The van der Waals surface area contributed by atoms with Crippen molar-refractivity contribution < 1.29 is 14.3 Å². The first-order valence-corrected chi connectivity index (χ1v) is 4.55. The van der Waals surface area contributed by atoms with Gasteiger partial charge in [-0.3, -0.25) is 4.79 Å². The number of morpholine rings is 1. The lowest BCUT2D eigenvalue weighted by atomic mass is 10.4. The van der Waals surface area contributed by atoms with Gasteiger partial charge in [0.25, 0.3) is 0 Å². The molecule has 1 fully saturated rings. The van der Waals surface area contributed by atoms with E-state index in [1.807, 2.05) is 0 Å². The van der Waals surface area contributed by atoms with Gasteiger partial charge in [-0.15, -0.1) is 0 Å². The maximum Gasteiger partial charge on any atom is 0.314 e. The molecule has 80 valence electrons. The molecular formula is C8H15N3O3. The Morgan fingerprint density at radius 2 is 2.00 bits per heavy atom. The van der Waals surface area contributed by atoms with Crippen molar-refractivity contribution in [2.24, 2.45) is 0 Å². The molecule has 14 heavy (non-hydrogen) atoms. The number of carbonyl (C=O) groups excluding carboxylic acids is 2. The van der Waals surface area contributed by atoms with E-state index in [0.717, 1.165) is 0 Å². The molecule has 0 unspecified atom stereocenters. The molecule has 1 rings (SSSR count). The molecule has 0 aromatic carbocycles. The summed E-state index contributed by atoms with van der Waals surface area (Å²) in [4.78, 5) is 23.9. The number of nitrogens with zero attached hydrogens (tertiary/aromatic N) is 1. The lowest BCUT2D eigenvalue weighted by Gasteiger charge is -2.26. The molecule has 0 aliphatic carbocycles. The molecule has 0 atom stereocenters. The van der Waals surface area contributed by atoms with Gasteiger partial charge in [0.05, 0.1) is 19.8 Å². The van der Waals surface area contributed by atoms with Gasteiger partial charge in [-0.05, 0) is 0 Å². The van der Waals surface area contributed by atoms with Crippen LogP contribution in [0.3, 0.4) is 0 Å². The summed E-state index contributed by atoms with van der Waals surface area (Å²) in [7, 11) is 1.51. The topological polar surface area (TPSA) is 70.7 Å². The number of urea groups is 1. The van der Waals surface area contributed by atoms with Gasteiger partial charge in [0, 0.05) is 20.1 Å². The molecule has 0 bridgehead atoms. The molecule has 0 aromatic rings. The summed E-state index contributed by atoms with van der Waals surface area (Å²) in [6.07, 6.45) is 0. The van der Waals surface area contributed by atoms with Gasteiger partial charge in [-0.1, -0.05) is 0 Å². The highest BCUT2D eigenvalue weighted by atomic mass is 16.5. The van der Waals surface area contributed by atoms with Crippen molar-refractivity contribution in [3.63, 3.8) is 0 Å². The van der Waals surface area contributed by atoms with Crippen LogP contribution in [0.5, 0.6) is 0 Å². The Morgan fingerprint density at radius 1 is 1.36 bits per heavy atom. The summed E-state index contributed by atoms with van der Waals surface area (Å²) in [6.45, 7) is 2.40. The summed E-state index contributed by atoms with van der Waals surface area (Å²) in [5, 5.41) is 4.83. The number of hydrogen-bond donors (Lipinski definition) is 2. The third-order valence-electron chi connectivity index (χ3n) is 1.99. The Bertz CT molecular complexity index is 214. The van der Waals surface area contributed by atoms with Crippen LogP contribution in [0.2, 0.25) is 0 Å². The van der Waals surface area contributed by atoms with Crippen molar-refractivity contribution in [2.45, 2.75) is 0 Å². The van der Waals surface area contributed by atoms with Crippen LogP contribution in [-0.4, -0.2) is 56.7 Å². The quantitative estimate of drug-likeness (QED) is 0.588. The van der Waals surface area contributed by atoms with E-state index in [0.29, 0.717) is 26.3 Å². The van der Waals surface area contributed by atoms with Crippen LogP contribution >= 0.6 is 0 Å². The standard InChI is InChI=1S/C8H15N3O3/c1-9-8(13)10-6-7(12)11-2-4-14-5-3-11/h2-6H2,1H3,(H2,9,10,13). The molecule has 1 aliphatic rings. The minimum absolute atomic E-state index is 0.0413. The maximum absolute atomic E-state index is 11.4. The van der Waals surface area contributed by atoms with Gasteiger partial charge < -0.3 is 20.3 Å². The van der Waals surface area contributed by atoms with E-state index in [-0.39, 0.29) is 18.5 Å². The van der Waals surface area contributed by atoms with Gasteiger partial charge in [-0.25, -0.2) is 4.79 Å². The lowest BCUT2D eigenvalue weighted by molar-refractivity contribution is -0.134. The zero-order chi connectivity index (χ0) is 10.4. The molecule has 6 nitrogen and oxygen atoms in total. The predicted octanol–water partition coefficient (Wildman–Crippen LogP) is -1.23. The molecule has 1 saturated heterocycles. The van der Waals surface area contributed by atoms with Gasteiger partial charge >= 0.3 is 6.03 Å². The number of hydrogen-bond acceptors (Lipinski definition) is 3. The van der Waals surface area contributed by atoms with Gasteiger partial charge in [-0.2, -0.15) is 0 Å². The monoisotopic (exact) mass is 201 g/mol. The molecule has 3 amide bonds. The summed E-state index contributed by atoms with van der Waals surface area (Å²) < 4.78 is 5.10. The van der Waals surface area contributed by atoms with E-state index in [2.05, 4.69) is 10.6 Å². The first-order chi connectivity index (χ1) is 6.74. The van der Waals surface area contributed by atoms with Crippen molar-refractivity contribution in [3.05, 3.63) is 0 Å². The Kier molecular flexibility index (Phi) is 4.18. The Balaban J connectivity index is 2.23. The molecule has 1 aliphatic heterocycles. The van der Waals surface area contributed by atoms with Crippen LogP contribution in [0.4, 0.5) is 4.79 Å². The average molecular weight is 201 g/mol. The minimum Gasteiger partial charge on any atom is -0.378 e. The van der Waals surface area contributed by atoms with E-state index in [4.69, 9.17) is 4.74 Å². The van der Waals surface area contributed by atoms with Crippen LogP contribution in [-0.2, 0) is 9.53 Å². The van der Waals surface area contributed by atoms with Crippen LogP contribution in [0.25, 0.3) is 0 Å². The SMILES string of the molecule is CNC(=O)NCC(=O)N1CCOCC1. The second-order valence-corrected chi connectivity index (χ2v) is 2.93. The summed E-state index contributed by atoms with van der Waals surface area (Å²) >= 11 is 0. The summed E-state index contributed by atoms with van der Waals surface area (Å²) in [5.41, 5.74) is 0. The zero-order valence-corrected chi connectivity index (χ0v) is 8.21. The first-order valence-electron chi connectivity index (χ1n) is 4.55. The third-order valence-corrected chi connectivity index (χ3v) is 1.99. The highest BCUT2D eigenvalue weighted by molar-refractivity contribution is 5.83. The number of amides is 3. The normalized spacial score (nSPS) is 16.2. The van der Waals surface area contributed by atoms with E-state index in [9.17, 15) is 9.59 Å². The molecule has 0 spiro atoms. The summed E-state index contributed by atoms with van der Waals surface area (Å²) in [6, 6.07) is -0.341. The predicted molar refractivity (Wildman–Crippen MR) is 49.9 cm³/mol. The van der Waals surface area contributed by atoms with Crippen molar-refractivity contribution in [1.82, 2.24) is 15.5 Å². The van der Waals surface area contributed by atoms with E-state index >= 15 is 0 Å². The fourth-order valence-corrected chi connectivity index (χ4v) is 1.17. The number of nitrogens with one attached hydrogen (secondary N) is 2. The molecule has 0 aromatic heterocycles. The molecule has 0 saturated carbocycles. The molecule has 2 N–H and O–H groups in total. The van der Waals surface area contributed by atoms with Crippen molar-refractivity contribution in [1.29, 1.82) is 0 Å². The van der Waals surface area contributed by atoms with Gasteiger partial charge in [0.15, 0.2) is 0 Å². The Morgan fingerprint density at radius 3 is 2.57 bits per heavy atom. The van der Waals surface area contributed by atoms with E-state index in [1.54, 1.807) is 4.90 Å².